The quantitative estimate of drug-likeness (QED) is 0.610. The lowest BCUT2D eigenvalue weighted by atomic mass is 10.0. The summed E-state index contributed by atoms with van der Waals surface area (Å²) in [5.74, 6) is -0.563. The van der Waals surface area contributed by atoms with E-state index in [4.69, 9.17) is 16.3 Å². The van der Waals surface area contributed by atoms with Crippen LogP contribution in [0.1, 0.15) is 40.7 Å². The zero-order chi connectivity index (χ0) is 13.7. The number of rotatable bonds is 5. The molecule has 0 aliphatic heterocycles. The van der Waals surface area contributed by atoms with E-state index in [2.05, 4.69) is 15.9 Å². The van der Waals surface area contributed by atoms with Crippen molar-refractivity contribution in [2.24, 2.45) is 0 Å². The summed E-state index contributed by atoms with van der Waals surface area (Å²) in [5, 5.41) is -0.161. The van der Waals surface area contributed by atoms with E-state index >= 15 is 0 Å². The highest BCUT2D eigenvalue weighted by Crippen LogP contribution is 2.25. The third kappa shape index (κ3) is 3.82. The standard InChI is InChI=1S/C13H14BrClO3/c1-3-18-13(17)11-5-9(7-14)4-10(6-11)12(15)8(2)16/h4-6,12H,3,7H2,1-2H3. The molecule has 0 amide bonds. The first kappa shape index (κ1) is 15.2. The molecule has 3 nitrogen and oxygen atoms in total. The van der Waals surface area contributed by atoms with Gasteiger partial charge in [-0.25, -0.2) is 4.79 Å². The second-order valence-electron chi connectivity index (χ2n) is 3.79. The van der Waals surface area contributed by atoms with Gasteiger partial charge in [0.1, 0.15) is 5.38 Å². The zero-order valence-electron chi connectivity index (χ0n) is 10.2. The average Bonchev–Trinajstić information content (AvgIpc) is 2.37. The minimum atomic E-state index is -0.739. The Morgan fingerprint density at radius 1 is 1.39 bits per heavy atom. The van der Waals surface area contributed by atoms with Crippen molar-refractivity contribution in [1.82, 2.24) is 0 Å². The number of carbonyl (C=O) groups excluding carboxylic acids is 2. The van der Waals surface area contributed by atoms with E-state index in [1.165, 1.54) is 6.92 Å². The maximum absolute atomic E-state index is 11.7. The molecule has 5 heteroatoms. The van der Waals surface area contributed by atoms with E-state index in [1.54, 1.807) is 25.1 Å². The molecular weight excluding hydrogens is 319 g/mol. The first-order valence-electron chi connectivity index (χ1n) is 5.51. The molecule has 98 valence electrons. The number of carbonyl (C=O) groups is 2. The fraction of sp³-hybridized carbons (Fsp3) is 0.385. The van der Waals surface area contributed by atoms with Crippen molar-refractivity contribution in [3.63, 3.8) is 0 Å². The molecule has 0 saturated carbocycles. The fourth-order valence-electron chi connectivity index (χ4n) is 1.51. The van der Waals surface area contributed by atoms with E-state index in [0.29, 0.717) is 23.1 Å². The molecule has 0 heterocycles. The Morgan fingerprint density at radius 3 is 2.56 bits per heavy atom. The summed E-state index contributed by atoms with van der Waals surface area (Å²) in [5.41, 5.74) is 1.90. The second-order valence-corrected chi connectivity index (χ2v) is 4.79. The van der Waals surface area contributed by atoms with Crippen LogP contribution < -0.4 is 0 Å². The maximum Gasteiger partial charge on any atom is 0.338 e. The zero-order valence-corrected chi connectivity index (χ0v) is 12.5. The van der Waals surface area contributed by atoms with Crippen LogP contribution in [0.3, 0.4) is 0 Å². The van der Waals surface area contributed by atoms with Crippen molar-refractivity contribution >= 4 is 39.3 Å². The van der Waals surface area contributed by atoms with Gasteiger partial charge in [0.05, 0.1) is 12.2 Å². The van der Waals surface area contributed by atoms with Gasteiger partial charge < -0.3 is 4.74 Å². The van der Waals surface area contributed by atoms with Crippen molar-refractivity contribution < 1.29 is 14.3 Å². The summed E-state index contributed by atoms with van der Waals surface area (Å²) in [6, 6.07) is 5.12. The van der Waals surface area contributed by atoms with E-state index in [1.807, 2.05) is 0 Å². The lowest BCUT2D eigenvalue weighted by Gasteiger charge is -2.10. The lowest BCUT2D eigenvalue weighted by Crippen LogP contribution is -2.08. The Kier molecular flexibility index (Phi) is 5.82. The van der Waals surface area contributed by atoms with Crippen LogP contribution in [-0.4, -0.2) is 18.4 Å². The number of benzene rings is 1. The van der Waals surface area contributed by atoms with Gasteiger partial charge in [-0.2, -0.15) is 0 Å². The third-order valence-electron chi connectivity index (χ3n) is 2.33. The van der Waals surface area contributed by atoms with Crippen LogP contribution in [0.2, 0.25) is 0 Å². The minimum Gasteiger partial charge on any atom is -0.462 e. The summed E-state index contributed by atoms with van der Waals surface area (Å²) >= 11 is 9.33. The highest BCUT2D eigenvalue weighted by atomic mass is 79.9. The molecule has 0 aromatic heterocycles. The van der Waals surface area contributed by atoms with Crippen molar-refractivity contribution in [3.8, 4) is 0 Å². The van der Waals surface area contributed by atoms with E-state index < -0.39 is 11.3 Å². The maximum atomic E-state index is 11.7. The number of halogens is 2. The predicted molar refractivity (Wildman–Crippen MR) is 74.3 cm³/mol. The Labute approximate surface area is 120 Å². The van der Waals surface area contributed by atoms with Crippen LogP contribution in [-0.2, 0) is 14.9 Å². The molecule has 1 rings (SSSR count). The van der Waals surface area contributed by atoms with Crippen molar-refractivity contribution in [2.45, 2.75) is 24.6 Å². The summed E-state index contributed by atoms with van der Waals surface area (Å²) in [7, 11) is 0. The first-order valence-corrected chi connectivity index (χ1v) is 7.06. The molecule has 1 unspecified atom stereocenters. The van der Waals surface area contributed by atoms with Gasteiger partial charge in [-0.3, -0.25) is 4.79 Å². The molecule has 18 heavy (non-hydrogen) atoms. The molecule has 1 atom stereocenters. The Morgan fingerprint density at radius 2 is 2.06 bits per heavy atom. The van der Waals surface area contributed by atoms with E-state index in [0.717, 1.165) is 5.56 Å². The monoisotopic (exact) mass is 332 g/mol. The number of ether oxygens (including phenoxy) is 1. The smallest absolute Gasteiger partial charge is 0.338 e. The lowest BCUT2D eigenvalue weighted by molar-refractivity contribution is -0.116. The van der Waals surface area contributed by atoms with Crippen molar-refractivity contribution in [2.75, 3.05) is 6.61 Å². The molecule has 0 spiro atoms. The number of ketones is 1. The molecule has 0 aliphatic rings. The second kappa shape index (κ2) is 6.90. The Balaban J connectivity index is 3.16. The van der Waals surface area contributed by atoms with Gasteiger partial charge in [0.25, 0.3) is 0 Å². The normalized spacial score (nSPS) is 12.0. The molecule has 0 N–H and O–H groups in total. The summed E-state index contributed by atoms with van der Waals surface area (Å²) in [4.78, 5) is 23.0. The molecule has 0 saturated heterocycles. The van der Waals surface area contributed by atoms with Gasteiger partial charge in [0.2, 0.25) is 0 Å². The average molecular weight is 334 g/mol. The number of alkyl halides is 2. The van der Waals surface area contributed by atoms with Gasteiger partial charge in [-0.1, -0.05) is 22.0 Å². The van der Waals surface area contributed by atoms with Crippen LogP contribution in [0.15, 0.2) is 18.2 Å². The summed E-state index contributed by atoms with van der Waals surface area (Å²) < 4.78 is 4.94. The van der Waals surface area contributed by atoms with Crippen LogP contribution in [0.4, 0.5) is 0 Å². The molecule has 0 aliphatic carbocycles. The van der Waals surface area contributed by atoms with Gasteiger partial charge in [-0.15, -0.1) is 11.6 Å². The largest absolute Gasteiger partial charge is 0.462 e. The van der Waals surface area contributed by atoms with Gasteiger partial charge in [-0.05, 0) is 37.1 Å². The van der Waals surface area contributed by atoms with Crippen LogP contribution >= 0.6 is 27.5 Å². The number of hydrogen-bond donors (Lipinski definition) is 0. The molecular formula is C13H14BrClO3. The number of Topliss-reactive ketones (excluding diaryl/α,β-unsaturated/α-hetero) is 1. The van der Waals surface area contributed by atoms with E-state index in [9.17, 15) is 9.59 Å². The fourth-order valence-corrected chi connectivity index (χ4v) is 1.96. The summed E-state index contributed by atoms with van der Waals surface area (Å²) in [6.45, 7) is 3.47. The van der Waals surface area contributed by atoms with Gasteiger partial charge >= 0.3 is 5.97 Å². The van der Waals surface area contributed by atoms with Crippen molar-refractivity contribution in [3.05, 3.63) is 34.9 Å². The predicted octanol–water partition coefficient (Wildman–Crippen LogP) is 3.63. The Bertz CT molecular complexity index is 460. The highest BCUT2D eigenvalue weighted by Gasteiger charge is 2.17. The molecule has 0 bridgehead atoms. The Hall–Kier alpha value is -0.870. The molecule has 1 aromatic rings. The first-order chi connectivity index (χ1) is 8.49. The minimum absolute atomic E-state index is 0.154. The van der Waals surface area contributed by atoms with Crippen LogP contribution in [0.5, 0.6) is 0 Å². The highest BCUT2D eigenvalue weighted by molar-refractivity contribution is 9.08. The van der Waals surface area contributed by atoms with E-state index in [-0.39, 0.29) is 5.78 Å². The molecule has 0 fully saturated rings. The van der Waals surface area contributed by atoms with Crippen LogP contribution in [0.25, 0.3) is 0 Å². The van der Waals surface area contributed by atoms with Gasteiger partial charge in [0.15, 0.2) is 5.78 Å². The molecule has 0 radical (unpaired) electrons. The SMILES string of the molecule is CCOC(=O)c1cc(CBr)cc(C(Cl)C(C)=O)c1. The van der Waals surface area contributed by atoms with Gasteiger partial charge in [0, 0.05) is 5.33 Å². The molecule has 1 aromatic carbocycles. The summed E-state index contributed by atoms with van der Waals surface area (Å²) in [6.07, 6.45) is 0. The number of esters is 1. The van der Waals surface area contributed by atoms with Crippen molar-refractivity contribution in [1.29, 1.82) is 0 Å². The third-order valence-corrected chi connectivity index (χ3v) is 3.54. The van der Waals surface area contributed by atoms with Crippen LogP contribution in [0, 0.1) is 0 Å². The number of hydrogen-bond acceptors (Lipinski definition) is 3. The topological polar surface area (TPSA) is 43.4 Å².